The summed E-state index contributed by atoms with van der Waals surface area (Å²) in [5.74, 6) is 0.991. The summed E-state index contributed by atoms with van der Waals surface area (Å²) in [6.07, 6.45) is 3.77. The molecule has 7 rings (SSSR count). The standard InChI is InChI=1S/C37H39N5/c1-35(2,3)24-13-15-28-29-16-14-25(36(4,5)6)22-31(29)37(30(28)21-24,33-17-19-39-40-33)26-10-8-11-27(20-26)42-23-41(7)32-12-9-18-38-34(32)42/h8-22H,23H2,1-7H3,(H,39,40). The van der Waals surface area contributed by atoms with Crippen LogP contribution in [0.5, 0.6) is 0 Å². The molecule has 0 bridgehead atoms. The summed E-state index contributed by atoms with van der Waals surface area (Å²) < 4.78 is 0. The molecule has 2 aromatic heterocycles. The smallest absolute Gasteiger partial charge is 0.158 e. The number of nitrogens with one attached hydrogen (secondary N) is 1. The van der Waals surface area contributed by atoms with Crippen LogP contribution in [-0.2, 0) is 16.2 Å². The summed E-state index contributed by atoms with van der Waals surface area (Å²) in [5.41, 5.74) is 11.8. The zero-order valence-corrected chi connectivity index (χ0v) is 25.7. The molecule has 0 unspecified atom stereocenters. The summed E-state index contributed by atoms with van der Waals surface area (Å²) >= 11 is 0. The molecule has 0 radical (unpaired) electrons. The minimum Gasteiger partial charge on any atom is -0.354 e. The van der Waals surface area contributed by atoms with Gasteiger partial charge in [0.1, 0.15) is 0 Å². The lowest BCUT2D eigenvalue weighted by atomic mass is 9.68. The number of fused-ring (bicyclic) bond motifs is 4. The van der Waals surface area contributed by atoms with Crippen LogP contribution in [-0.4, -0.2) is 28.9 Å². The van der Waals surface area contributed by atoms with E-state index in [0.29, 0.717) is 0 Å². The van der Waals surface area contributed by atoms with Gasteiger partial charge >= 0.3 is 0 Å². The monoisotopic (exact) mass is 553 g/mol. The number of rotatable bonds is 3. The van der Waals surface area contributed by atoms with Crippen LogP contribution in [0.1, 0.15) is 75.1 Å². The first-order valence-electron chi connectivity index (χ1n) is 14.8. The van der Waals surface area contributed by atoms with Gasteiger partial charge in [-0.15, -0.1) is 0 Å². The molecule has 0 fully saturated rings. The van der Waals surface area contributed by atoms with Crippen molar-refractivity contribution in [1.29, 1.82) is 0 Å². The lowest BCUT2D eigenvalue weighted by molar-refractivity contribution is 0.585. The third kappa shape index (κ3) is 3.83. The number of aromatic nitrogens is 3. The fourth-order valence-electron chi connectivity index (χ4n) is 6.84. The molecule has 5 aromatic rings. The summed E-state index contributed by atoms with van der Waals surface area (Å²) in [6, 6.07) is 29.5. The maximum Gasteiger partial charge on any atom is 0.158 e. The van der Waals surface area contributed by atoms with Crippen LogP contribution in [0.25, 0.3) is 11.1 Å². The van der Waals surface area contributed by atoms with Gasteiger partial charge in [0.2, 0.25) is 0 Å². The van der Waals surface area contributed by atoms with Crippen molar-refractivity contribution < 1.29 is 0 Å². The van der Waals surface area contributed by atoms with Gasteiger partial charge < -0.3 is 9.80 Å². The summed E-state index contributed by atoms with van der Waals surface area (Å²) in [7, 11) is 2.13. The molecular weight excluding hydrogens is 514 g/mol. The lowest BCUT2D eigenvalue weighted by Crippen LogP contribution is -2.31. The van der Waals surface area contributed by atoms with Gasteiger partial charge in [-0.1, -0.05) is 90.1 Å². The number of anilines is 3. The molecule has 0 amide bonds. The Hall–Kier alpha value is -4.38. The predicted molar refractivity (Wildman–Crippen MR) is 173 cm³/mol. The largest absolute Gasteiger partial charge is 0.354 e. The zero-order valence-electron chi connectivity index (χ0n) is 25.7. The van der Waals surface area contributed by atoms with Gasteiger partial charge in [-0.2, -0.15) is 5.10 Å². The summed E-state index contributed by atoms with van der Waals surface area (Å²) in [5, 5.41) is 7.96. The number of H-pyrrole nitrogens is 1. The van der Waals surface area contributed by atoms with Crippen molar-refractivity contribution in [3.05, 3.63) is 125 Å². The number of aromatic amines is 1. The first-order valence-corrected chi connectivity index (χ1v) is 14.8. The minimum atomic E-state index is -0.557. The molecule has 1 aliphatic heterocycles. The van der Waals surface area contributed by atoms with Crippen molar-refractivity contribution in [2.45, 2.75) is 57.8 Å². The Balaban J connectivity index is 1.54. The second-order valence-electron chi connectivity index (χ2n) is 13.9. The first kappa shape index (κ1) is 26.5. The van der Waals surface area contributed by atoms with E-state index in [-0.39, 0.29) is 10.8 Å². The van der Waals surface area contributed by atoms with Crippen molar-refractivity contribution in [3.8, 4) is 11.1 Å². The summed E-state index contributed by atoms with van der Waals surface area (Å²) in [6.45, 7) is 14.5. The van der Waals surface area contributed by atoms with Gasteiger partial charge in [0.25, 0.3) is 0 Å². The Kier molecular flexibility index (Phi) is 5.72. The van der Waals surface area contributed by atoms with Crippen LogP contribution >= 0.6 is 0 Å². The normalized spacial score (nSPS) is 15.5. The van der Waals surface area contributed by atoms with Crippen molar-refractivity contribution in [2.24, 2.45) is 0 Å². The second-order valence-corrected chi connectivity index (χ2v) is 13.9. The molecule has 3 aromatic carbocycles. The number of hydrogen-bond donors (Lipinski definition) is 1. The predicted octanol–water partition coefficient (Wildman–Crippen LogP) is 8.31. The Morgan fingerprint density at radius 1 is 0.738 bits per heavy atom. The molecular formula is C37H39N5. The maximum absolute atomic E-state index is 4.78. The average molecular weight is 554 g/mol. The Bertz CT molecular complexity index is 1740. The minimum absolute atomic E-state index is 0.0114. The van der Waals surface area contributed by atoms with Crippen LogP contribution in [0, 0.1) is 0 Å². The molecule has 5 heteroatoms. The average Bonchev–Trinajstić information content (AvgIpc) is 3.68. The number of pyridine rings is 1. The third-order valence-electron chi connectivity index (χ3n) is 9.15. The van der Waals surface area contributed by atoms with Crippen LogP contribution in [0.3, 0.4) is 0 Å². The fourth-order valence-corrected chi connectivity index (χ4v) is 6.84. The van der Waals surface area contributed by atoms with Gasteiger partial charge in [0.05, 0.1) is 23.5 Å². The van der Waals surface area contributed by atoms with Crippen molar-refractivity contribution >= 4 is 17.2 Å². The molecule has 1 aliphatic carbocycles. The highest BCUT2D eigenvalue weighted by Gasteiger charge is 2.48. The molecule has 3 heterocycles. The molecule has 1 N–H and O–H groups in total. The van der Waals surface area contributed by atoms with Crippen molar-refractivity contribution in [2.75, 3.05) is 23.5 Å². The number of benzene rings is 3. The van der Waals surface area contributed by atoms with E-state index in [1.54, 1.807) is 0 Å². The highest BCUT2D eigenvalue weighted by atomic mass is 15.4. The van der Waals surface area contributed by atoms with Gasteiger partial charge in [-0.25, -0.2) is 4.98 Å². The van der Waals surface area contributed by atoms with Gasteiger partial charge in [0, 0.05) is 25.1 Å². The molecule has 212 valence electrons. The molecule has 2 aliphatic rings. The van der Waals surface area contributed by atoms with Crippen LogP contribution < -0.4 is 9.80 Å². The molecule has 5 nitrogen and oxygen atoms in total. The maximum atomic E-state index is 4.78. The van der Waals surface area contributed by atoms with E-state index in [4.69, 9.17) is 4.98 Å². The Morgan fingerprint density at radius 2 is 1.40 bits per heavy atom. The fraction of sp³-hybridized carbons (Fsp3) is 0.297. The van der Waals surface area contributed by atoms with Gasteiger partial charge in [-0.05, 0) is 80.1 Å². The number of hydrogen-bond acceptors (Lipinski definition) is 4. The highest BCUT2D eigenvalue weighted by molar-refractivity contribution is 5.87. The molecule has 0 spiro atoms. The van der Waals surface area contributed by atoms with Crippen molar-refractivity contribution in [1.82, 2.24) is 15.2 Å². The second kappa shape index (κ2) is 9.06. The van der Waals surface area contributed by atoms with E-state index < -0.39 is 5.41 Å². The molecule has 0 saturated carbocycles. The van der Waals surface area contributed by atoms with Crippen LogP contribution in [0.2, 0.25) is 0 Å². The van der Waals surface area contributed by atoms with E-state index >= 15 is 0 Å². The molecule has 42 heavy (non-hydrogen) atoms. The third-order valence-corrected chi connectivity index (χ3v) is 9.15. The van der Waals surface area contributed by atoms with E-state index in [9.17, 15) is 0 Å². The van der Waals surface area contributed by atoms with Crippen molar-refractivity contribution in [3.63, 3.8) is 0 Å². The summed E-state index contributed by atoms with van der Waals surface area (Å²) in [4.78, 5) is 9.35. The van der Waals surface area contributed by atoms with E-state index in [1.165, 1.54) is 38.9 Å². The first-order chi connectivity index (χ1) is 20.0. The quantitative estimate of drug-likeness (QED) is 0.239. The van der Waals surface area contributed by atoms with E-state index in [2.05, 4.69) is 141 Å². The van der Waals surface area contributed by atoms with Gasteiger partial charge in [-0.3, -0.25) is 5.10 Å². The van der Waals surface area contributed by atoms with Crippen LogP contribution in [0.4, 0.5) is 17.2 Å². The van der Waals surface area contributed by atoms with E-state index in [1.807, 2.05) is 18.5 Å². The Labute approximate surface area is 249 Å². The molecule has 0 saturated heterocycles. The Morgan fingerprint density at radius 3 is 2.00 bits per heavy atom. The molecule has 0 atom stereocenters. The highest BCUT2D eigenvalue weighted by Crippen LogP contribution is 2.57. The van der Waals surface area contributed by atoms with E-state index in [0.717, 1.165) is 29.6 Å². The van der Waals surface area contributed by atoms with Gasteiger partial charge in [0.15, 0.2) is 5.82 Å². The lowest BCUT2D eigenvalue weighted by Gasteiger charge is -2.34. The SMILES string of the molecule is CN1CN(c2cccc(C3(c4ccn[nH]4)c4cc(C(C)(C)C)ccc4-c4ccc(C(C)(C)C)cc43)c2)c2ncccc21. The van der Waals surface area contributed by atoms with Crippen LogP contribution in [0.15, 0.2) is 91.3 Å². The topological polar surface area (TPSA) is 48.0 Å². The zero-order chi connectivity index (χ0) is 29.4. The number of nitrogens with zero attached hydrogens (tertiary/aromatic N) is 4.